The van der Waals surface area contributed by atoms with Gasteiger partial charge in [-0.2, -0.15) is 5.10 Å². The van der Waals surface area contributed by atoms with Crippen LogP contribution in [0, 0.1) is 0 Å². The van der Waals surface area contributed by atoms with Gasteiger partial charge < -0.3 is 4.74 Å². The SMILES string of the molecule is ClCc1c(C2CCC2)n[nH]c1C1CCOCC1. The molecule has 1 aromatic heterocycles. The number of nitrogens with one attached hydrogen (secondary N) is 1. The minimum atomic E-state index is 0.568. The lowest BCUT2D eigenvalue weighted by molar-refractivity contribution is 0.0843. The minimum absolute atomic E-state index is 0.568. The number of halogens is 1. The third kappa shape index (κ3) is 2.11. The Morgan fingerprint density at radius 2 is 1.94 bits per heavy atom. The molecule has 2 heterocycles. The summed E-state index contributed by atoms with van der Waals surface area (Å²) in [5.74, 6) is 1.82. The van der Waals surface area contributed by atoms with Crippen LogP contribution in [0.25, 0.3) is 0 Å². The Morgan fingerprint density at radius 1 is 1.18 bits per heavy atom. The summed E-state index contributed by atoms with van der Waals surface area (Å²) in [6.45, 7) is 1.73. The summed E-state index contributed by atoms with van der Waals surface area (Å²) >= 11 is 6.13. The Balaban J connectivity index is 1.85. The number of hydrogen-bond donors (Lipinski definition) is 1. The second-order valence-corrected chi connectivity index (χ2v) is 5.42. The lowest BCUT2D eigenvalue weighted by Crippen LogP contribution is -2.16. The summed E-state index contributed by atoms with van der Waals surface area (Å²) in [5, 5.41) is 7.79. The molecule has 0 unspecified atom stereocenters. The maximum absolute atomic E-state index is 6.13. The fraction of sp³-hybridized carbons (Fsp3) is 0.769. The standard InChI is InChI=1S/C13H19ClN2O/c14-8-11-12(9-2-1-3-9)15-16-13(11)10-4-6-17-7-5-10/h9-10H,1-8H2,(H,15,16). The van der Waals surface area contributed by atoms with Crippen molar-refractivity contribution in [2.75, 3.05) is 13.2 Å². The van der Waals surface area contributed by atoms with Crippen molar-refractivity contribution in [3.05, 3.63) is 17.0 Å². The first-order valence-corrected chi connectivity index (χ1v) is 7.14. The van der Waals surface area contributed by atoms with E-state index in [2.05, 4.69) is 10.2 Å². The molecule has 0 amide bonds. The van der Waals surface area contributed by atoms with E-state index >= 15 is 0 Å². The van der Waals surface area contributed by atoms with Crippen molar-refractivity contribution >= 4 is 11.6 Å². The van der Waals surface area contributed by atoms with E-state index in [-0.39, 0.29) is 0 Å². The van der Waals surface area contributed by atoms with Gasteiger partial charge in [0.2, 0.25) is 0 Å². The number of alkyl halides is 1. The van der Waals surface area contributed by atoms with Crippen LogP contribution in [-0.4, -0.2) is 23.4 Å². The van der Waals surface area contributed by atoms with Crippen molar-refractivity contribution < 1.29 is 4.74 Å². The number of hydrogen-bond acceptors (Lipinski definition) is 2. The van der Waals surface area contributed by atoms with Gasteiger partial charge in [0.25, 0.3) is 0 Å². The molecule has 1 aromatic rings. The number of H-pyrrole nitrogens is 1. The van der Waals surface area contributed by atoms with Gasteiger partial charge in [-0.25, -0.2) is 0 Å². The van der Waals surface area contributed by atoms with E-state index in [0.29, 0.717) is 17.7 Å². The smallest absolute Gasteiger partial charge is 0.0700 e. The normalized spacial score (nSPS) is 22.6. The van der Waals surface area contributed by atoms with Gasteiger partial charge in [-0.1, -0.05) is 6.42 Å². The predicted octanol–water partition coefficient (Wildman–Crippen LogP) is 3.31. The summed E-state index contributed by atoms with van der Waals surface area (Å²) in [6, 6.07) is 0. The van der Waals surface area contributed by atoms with Gasteiger partial charge in [0, 0.05) is 36.3 Å². The topological polar surface area (TPSA) is 37.9 Å². The highest BCUT2D eigenvalue weighted by Crippen LogP contribution is 2.40. The van der Waals surface area contributed by atoms with Crippen molar-refractivity contribution in [2.45, 2.75) is 49.8 Å². The highest BCUT2D eigenvalue weighted by molar-refractivity contribution is 6.17. The van der Waals surface area contributed by atoms with Crippen LogP contribution in [0.2, 0.25) is 0 Å². The third-order valence-electron chi connectivity index (χ3n) is 4.19. The second kappa shape index (κ2) is 4.99. The molecule has 1 saturated heterocycles. The molecule has 1 aliphatic heterocycles. The summed E-state index contributed by atoms with van der Waals surface area (Å²) in [6.07, 6.45) is 6.09. The number of ether oxygens (including phenoxy) is 1. The lowest BCUT2D eigenvalue weighted by Gasteiger charge is -2.25. The van der Waals surface area contributed by atoms with Crippen LogP contribution < -0.4 is 0 Å². The Bertz CT molecular complexity index is 381. The van der Waals surface area contributed by atoms with Crippen LogP contribution in [-0.2, 0) is 10.6 Å². The minimum Gasteiger partial charge on any atom is -0.381 e. The summed E-state index contributed by atoms with van der Waals surface area (Å²) in [4.78, 5) is 0. The quantitative estimate of drug-likeness (QED) is 0.841. The van der Waals surface area contributed by atoms with Crippen molar-refractivity contribution in [1.82, 2.24) is 10.2 Å². The zero-order valence-electron chi connectivity index (χ0n) is 10.0. The van der Waals surface area contributed by atoms with Gasteiger partial charge in [0.05, 0.1) is 11.6 Å². The van der Waals surface area contributed by atoms with Crippen LogP contribution in [0.1, 0.15) is 60.9 Å². The number of rotatable bonds is 3. The highest BCUT2D eigenvalue weighted by Gasteiger charge is 2.29. The molecule has 1 aliphatic carbocycles. The van der Waals surface area contributed by atoms with E-state index < -0.39 is 0 Å². The Labute approximate surface area is 107 Å². The first-order valence-electron chi connectivity index (χ1n) is 6.61. The van der Waals surface area contributed by atoms with E-state index in [0.717, 1.165) is 26.1 Å². The molecule has 0 atom stereocenters. The van der Waals surface area contributed by atoms with Crippen LogP contribution in [0.3, 0.4) is 0 Å². The Hall–Kier alpha value is -0.540. The molecule has 3 rings (SSSR count). The van der Waals surface area contributed by atoms with Gasteiger partial charge in [0.1, 0.15) is 0 Å². The monoisotopic (exact) mass is 254 g/mol. The summed E-state index contributed by atoms with van der Waals surface area (Å²) < 4.78 is 5.41. The number of aromatic amines is 1. The molecular weight excluding hydrogens is 236 g/mol. The van der Waals surface area contributed by atoms with E-state index in [4.69, 9.17) is 16.3 Å². The molecule has 1 N–H and O–H groups in total. The van der Waals surface area contributed by atoms with Crippen LogP contribution >= 0.6 is 11.6 Å². The van der Waals surface area contributed by atoms with Gasteiger partial charge in [-0.15, -0.1) is 11.6 Å². The van der Waals surface area contributed by atoms with E-state index in [1.807, 2.05) is 0 Å². The molecule has 2 fully saturated rings. The molecule has 3 nitrogen and oxygen atoms in total. The Kier molecular flexibility index (Phi) is 3.39. The van der Waals surface area contributed by atoms with E-state index in [1.54, 1.807) is 0 Å². The van der Waals surface area contributed by atoms with Crippen LogP contribution in [0.4, 0.5) is 0 Å². The first-order chi connectivity index (χ1) is 8.40. The number of aromatic nitrogens is 2. The van der Waals surface area contributed by atoms with Gasteiger partial charge in [-0.3, -0.25) is 5.10 Å². The third-order valence-corrected chi connectivity index (χ3v) is 4.45. The average Bonchev–Trinajstić information content (AvgIpc) is 2.71. The summed E-state index contributed by atoms with van der Waals surface area (Å²) in [5.41, 5.74) is 3.81. The molecule has 1 saturated carbocycles. The lowest BCUT2D eigenvalue weighted by atomic mass is 9.80. The van der Waals surface area contributed by atoms with Crippen LogP contribution in [0.5, 0.6) is 0 Å². The molecule has 4 heteroatoms. The van der Waals surface area contributed by atoms with Gasteiger partial charge >= 0.3 is 0 Å². The van der Waals surface area contributed by atoms with Gasteiger partial charge in [0.15, 0.2) is 0 Å². The van der Waals surface area contributed by atoms with Gasteiger partial charge in [-0.05, 0) is 25.7 Å². The highest BCUT2D eigenvalue weighted by atomic mass is 35.5. The predicted molar refractivity (Wildman–Crippen MR) is 67.5 cm³/mol. The molecule has 0 radical (unpaired) electrons. The molecule has 94 valence electrons. The maximum atomic E-state index is 6.13. The van der Waals surface area contributed by atoms with Crippen LogP contribution in [0.15, 0.2) is 0 Å². The number of nitrogens with zero attached hydrogens (tertiary/aromatic N) is 1. The molecule has 0 bridgehead atoms. The molecule has 0 spiro atoms. The van der Waals surface area contributed by atoms with E-state index in [9.17, 15) is 0 Å². The zero-order chi connectivity index (χ0) is 11.7. The molecule has 0 aromatic carbocycles. The van der Waals surface area contributed by atoms with Crippen molar-refractivity contribution in [1.29, 1.82) is 0 Å². The summed E-state index contributed by atoms with van der Waals surface area (Å²) in [7, 11) is 0. The van der Waals surface area contributed by atoms with Crippen molar-refractivity contribution in [3.63, 3.8) is 0 Å². The maximum Gasteiger partial charge on any atom is 0.0700 e. The molecule has 17 heavy (non-hydrogen) atoms. The fourth-order valence-electron chi connectivity index (χ4n) is 2.88. The van der Waals surface area contributed by atoms with Crippen molar-refractivity contribution in [3.8, 4) is 0 Å². The zero-order valence-corrected chi connectivity index (χ0v) is 10.8. The van der Waals surface area contributed by atoms with Crippen molar-refractivity contribution in [2.24, 2.45) is 0 Å². The Morgan fingerprint density at radius 3 is 2.53 bits per heavy atom. The molecular formula is C13H19ClN2O. The fourth-order valence-corrected chi connectivity index (χ4v) is 3.16. The largest absolute Gasteiger partial charge is 0.381 e. The first kappa shape index (κ1) is 11.5. The van der Waals surface area contributed by atoms with E-state index in [1.165, 1.54) is 36.2 Å². The average molecular weight is 255 g/mol. The second-order valence-electron chi connectivity index (χ2n) is 5.15. The molecule has 2 aliphatic rings.